The number of nitrogens with two attached hydrogens (primary N) is 1. The van der Waals surface area contributed by atoms with E-state index in [0.29, 0.717) is 24.5 Å². The largest absolute Gasteiger partial charge is 0.481 e. The molecule has 1 heterocycles. The lowest BCUT2D eigenvalue weighted by molar-refractivity contribution is -0.148. The predicted molar refractivity (Wildman–Crippen MR) is 62.7 cm³/mol. The minimum absolute atomic E-state index is 0.000278. The highest BCUT2D eigenvalue weighted by Crippen LogP contribution is 2.43. The van der Waals surface area contributed by atoms with Gasteiger partial charge in [0.2, 0.25) is 0 Å². The molecule has 0 spiro atoms. The van der Waals surface area contributed by atoms with Crippen LogP contribution in [0, 0.1) is 0 Å². The van der Waals surface area contributed by atoms with E-state index in [0.717, 1.165) is 5.01 Å². The van der Waals surface area contributed by atoms with Gasteiger partial charge >= 0.3 is 5.97 Å². The van der Waals surface area contributed by atoms with E-state index in [1.807, 2.05) is 5.38 Å². The van der Waals surface area contributed by atoms with Crippen molar-refractivity contribution >= 4 is 17.3 Å². The monoisotopic (exact) mass is 240 g/mol. The first-order chi connectivity index (χ1) is 7.45. The lowest BCUT2D eigenvalue weighted by atomic mass is 9.64. The first-order valence-corrected chi connectivity index (χ1v) is 6.28. The third-order valence-electron chi connectivity index (χ3n) is 3.14. The highest BCUT2D eigenvalue weighted by molar-refractivity contribution is 7.09. The topological polar surface area (TPSA) is 76.2 Å². The van der Waals surface area contributed by atoms with Crippen LogP contribution in [0.2, 0.25) is 0 Å². The number of hydrogen-bond acceptors (Lipinski definition) is 4. The van der Waals surface area contributed by atoms with E-state index in [1.165, 1.54) is 11.3 Å². The van der Waals surface area contributed by atoms with Gasteiger partial charge in [-0.3, -0.25) is 4.79 Å². The van der Waals surface area contributed by atoms with Crippen LogP contribution >= 0.6 is 11.3 Å². The summed E-state index contributed by atoms with van der Waals surface area (Å²) in [6.45, 7) is 4.12. The summed E-state index contributed by atoms with van der Waals surface area (Å²) in [5.41, 5.74) is 5.58. The molecule has 0 aliphatic heterocycles. The summed E-state index contributed by atoms with van der Waals surface area (Å²) in [7, 11) is 0. The number of rotatable bonds is 3. The lowest BCUT2D eigenvalue weighted by Crippen LogP contribution is -2.54. The molecule has 0 radical (unpaired) electrons. The fourth-order valence-corrected chi connectivity index (χ4v) is 3.04. The Kier molecular flexibility index (Phi) is 2.75. The number of carboxylic acids is 1. The third-order valence-corrected chi connectivity index (χ3v) is 4.28. The Bertz CT molecular complexity index is 408. The molecule has 1 aliphatic carbocycles. The Balaban J connectivity index is 2.30. The van der Waals surface area contributed by atoms with Crippen LogP contribution < -0.4 is 5.73 Å². The minimum atomic E-state index is -0.816. The standard InChI is InChI=1S/C11H16N2O2S/c1-6(2)9-13-8(5-16-9)11(10(14)15)3-7(12)4-11/h5-7H,3-4,12H2,1-2H3,(H,14,15). The molecule has 0 aromatic carbocycles. The smallest absolute Gasteiger partial charge is 0.315 e. The predicted octanol–water partition coefficient (Wildman–Crippen LogP) is 1.71. The van der Waals surface area contributed by atoms with Crippen molar-refractivity contribution in [3.63, 3.8) is 0 Å². The molecule has 0 unspecified atom stereocenters. The fraction of sp³-hybridized carbons (Fsp3) is 0.636. The van der Waals surface area contributed by atoms with Gasteiger partial charge in [-0.15, -0.1) is 11.3 Å². The van der Waals surface area contributed by atoms with Crippen LogP contribution in [-0.4, -0.2) is 22.1 Å². The van der Waals surface area contributed by atoms with Crippen molar-refractivity contribution in [2.45, 2.75) is 44.1 Å². The van der Waals surface area contributed by atoms with Gasteiger partial charge in [0, 0.05) is 17.3 Å². The molecule has 4 nitrogen and oxygen atoms in total. The van der Waals surface area contributed by atoms with Gasteiger partial charge in [0.05, 0.1) is 10.7 Å². The van der Waals surface area contributed by atoms with Crippen LogP contribution in [0.25, 0.3) is 0 Å². The highest BCUT2D eigenvalue weighted by atomic mass is 32.1. The van der Waals surface area contributed by atoms with Gasteiger partial charge in [-0.05, 0) is 12.8 Å². The van der Waals surface area contributed by atoms with E-state index in [1.54, 1.807) is 0 Å². The Hall–Kier alpha value is -0.940. The summed E-state index contributed by atoms with van der Waals surface area (Å²) in [5.74, 6) is -0.451. The molecule has 1 aromatic heterocycles. The first kappa shape index (κ1) is 11.5. The van der Waals surface area contributed by atoms with Crippen LogP contribution in [0.5, 0.6) is 0 Å². The SMILES string of the molecule is CC(C)c1nc(C2(C(=O)O)CC(N)C2)cs1. The zero-order valence-corrected chi connectivity index (χ0v) is 10.3. The van der Waals surface area contributed by atoms with Gasteiger partial charge in [0.1, 0.15) is 5.41 Å². The molecular weight excluding hydrogens is 224 g/mol. The Labute approximate surface area is 98.5 Å². The van der Waals surface area contributed by atoms with E-state index in [9.17, 15) is 9.90 Å². The van der Waals surface area contributed by atoms with Gasteiger partial charge in [0.25, 0.3) is 0 Å². The van der Waals surface area contributed by atoms with Gasteiger partial charge in [-0.2, -0.15) is 0 Å². The molecule has 0 atom stereocenters. The molecule has 1 fully saturated rings. The number of thiazole rings is 1. The number of aliphatic carboxylic acids is 1. The summed E-state index contributed by atoms with van der Waals surface area (Å²) < 4.78 is 0. The third kappa shape index (κ3) is 1.64. The number of carboxylic acid groups (broad SMARTS) is 1. The molecule has 0 saturated heterocycles. The molecule has 88 valence electrons. The van der Waals surface area contributed by atoms with Gasteiger partial charge in [-0.1, -0.05) is 13.8 Å². The molecule has 1 saturated carbocycles. The maximum Gasteiger partial charge on any atom is 0.315 e. The van der Waals surface area contributed by atoms with Crippen molar-refractivity contribution in [1.82, 2.24) is 4.98 Å². The molecule has 0 bridgehead atoms. The number of nitrogens with zero attached hydrogens (tertiary/aromatic N) is 1. The van der Waals surface area contributed by atoms with Crippen molar-refractivity contribution in [3.05, 3.63) is 16.1 Å². The summed E-state index contributed by atoms with van der Waals surface area (Å²) >= 11 is 1.54. The normalized spacial score (nSPS) is 29.1. The van der Waals surface area contributed by atoms with E-state index in [4.69, 9.17) is 5.73 Å². The second-order valence-corrected chi connectivity index (χ2v) is 5.67. The molecule has 5 heteroatoms. The first-order valence-electron chi connectivity index (χ1n) is 5.40. The van der Waals surface area contributed by atoms with Gasteiger partial charge in [-0.25, -0.2) is 4.98 Å². The summed E-state index contributed by atoms with van der Waals surface area (Å²) in [5, 5.41) is 12.2. The van der Waals surface area contributed by atoms with Crippen LogP contribution in [0.3, 0.4) is 0 Å². The van der Waals surface area contributed by atoms with E-state index in [2.05, 4.69) is 18.8 Å². The fourth-order valence-electron chi connectivity index (χ4n) is 2.10. The lowest BCUT2D eigenvalue weighted by Gasteiger charge is -2.41. The molecule has 2 rings (SSSR count). The summed E-state index contributed by atoms with van der Waals surface area (Å²) in [4.78, 5) is 15.8. The van der Waals surface area contributed by atoms with E-state index in [-0.39, 0.29) is 6.04 Å². The molecule has 0 amide bonds. The molecular formula is C11H16N2O2S. The quantitative estimate of drug-likeness (QED) is 0.843. The summed E-state index contributed by atoms with van der Waals surface area (Å²) in [6.07, 6.45) is 1.01. The Morgan fingerprint density at radius 3 is 2.69 bits per heavy atom. The zero-order chi connectivity index (χ0) is 11.9. The van der Waals surface area contributed by atoms with Crippen molar-refractivity contribution < 1.29 is 9.90 Å². The molecule has 16 heavy (non-hydrogen) atoms. The maximum absolute atomic E-state index is 11.3. The molecule has 3 N–H and O–H groups in total. The van der Waals surface area contributed by atoms with E-state index < -0.39 is 11.4 Å². The average molecular weight is 240 g/mol. The molecule has 1 aromatic rings. The van der Waals surface area contributed by atoms with E-state index >= 15 is 0 Å². The Morgan fingerprint density at radius 2 is 2.31 bits per heavy atom. The summed E-state index contributed by atoms with van der Waals surface area (Å²) in [6, 6.07) is 0.000278. The number of hydrogen-bond donors (Lipinski definition) is 2. The Morgan fingerprint density at radius 1 is 1.69 bits per heavy atom. The molecule has 1 aliphatic rings. The van der Waals surface area contributed by atoms with Crippen LogP contribution in [-0.2, 0) is 10.2 Å². The van der Waals surface area contributed by atoms with Gasteiger partial charge in [0.15, 0.2) is 0 Å². The van der Waals surface area contributed by atoms with Crippen molar-refractivity contribution in [2.24, 2.45) is 5.73 Å². The van der Waals surface area contributed by atoms with Crippen LogP contribution in [0.15, 0.2) is 5.38 Å². The minimum Gasteiger partial charge on any atom is -0.481 e. The second kappa shape index (κ2) is 3.82. The van der Waals surface area contributed by atoms with Crippen molar-refractivity contribution in [2.75, 3.05) is 0 Å². The number of carbonyl (C=O) groups is 1. The average Bonchev–Trinajstić information content (AvgIpc) is 2.60. The second-order valence-electron chi connectivity index (χ2n) is 4.78. The van der Waals surface area contributed by atoms with Crippen molar-refractivity contribution in [1.29, 1.82) is 0 Å². The van der Waals surface area contributed by atoms with Gasteiger partial charge < -0.3 is 10.8 Å². The maximum atomic E-state index is 11.3. The van der Waals surface area contributed by atoms with Crippen molar-refractivity contribution in [3.8, 4) is 0 Å². The van der Waals surface area contributed by atoms with Crippen LogP contribution in [0.4, 0.5) is 0 Å². The number of aromatic nitrogens is 1. The highest BCUT2D eigenvalue weighted by Gasteiger charge is 2.52. The zero-order valence-electron chi connectivity index (χ0n) is 9.43. The van der Waals surface area contributed by atoms with Crippen LogP contribution in [0.1, 0.15) is 43.3 Å².